The maximum Gasteiger partial charge on any atom is 0.269 e. The van der Waals surface area contributed by atoms with Crippen LogP contribution in [0.4, 0.5) is 21.5 Å². The summed E-state index contributed by atoms with van der Waals surface area (Å²) in [5.74, 6) is -0.660. The maximum absolute atomic E-state index is 12.8. The lowest BCUT2D eigenvalue weighted by atomic mass is 10.2. The van der Waals surface area contributed by atoms with Crippen LogP contribution in [0.5, 0.6) is 0 Å². The number of carbonyl (C=O) groups excluding carboxylic acids is 1. The fourth-order valence-electron chi connectivity index (χ4n) is 1.78. The molecule has 0 unspecified atom stereocenters. The number of nitrogens with zero attached hydrogens (tertiary/aromatic N) is 1. The van der Waals surface area contributed by atoms with Gasteiger partial charge in [0, 0.05) is 23.5 Å². The molecule has 1 atom stereocenters. The molecule has 2 aromatic rings. The highest BCUT2D eigenvalue weighted by Gasteiger charge is 2.13. The zero-order valence-electron chi connectivity index (χ0n) is 11.7. The van der Waals surface area contributed by atoms with Crippen LogP contribution in [-0.4, -0.2) is 16.9 Å². The summed E-state index contributed by atoms with van der Waals surface area (Å²) in [5, 5.41) is 16.1. The molecule has 0 heterocycles. The number of carbonyl (C=O) groups is 1. The summed E-state index contributed by atoms with van der Waals surface area (Å²) in [6.07, 6.45) is 0. The number of anilines is 2. The largest absolute Gasteiger partial charge is 0.374 e. The predicted octanol–water partition coefficient (Wildman–Crippen LogP) is 3.17. The summed E-state index contributed by atoms with van der Waals surface area (Å²) in [6.45, 7) is 1.66. The number of halogens is 1. The molecule has 2 aromatic carbocycles. The van der Waals surface area contributed by atoms with Crippen molar-refractivity contribution in [3.63, 3.8) is 0 Å². The summed E-state index contributed by atoms with van der Waals surface area (Å²) < 4.78 is 12.8. The van der Waals surface area contributed by atoms with Crippen molar-refractivity contribution < 1.29 is 14.1 Å². The molecule has 114 valence electrons. The molecule has 1 amide bonds. The van der Waals surface area contributed by atoms with Crippen LogP contribution >= 0.6 is 0 Å². The maximum atomic E-state index is 12.8. The van der Waals surface area contributed by atoms with E-state index in [-0.39, 0.29) is 17.4 Å². The van der Waals surface area contributed by atoms with Crippen LogP contribution in [0.3, 0.4) is 0 Å². The molecule has 7 heteroatoms. The van der Waals surface area contributed by atoms with E-state index in [1.165, 1.54) is 48.5 Å². The molecule has 0 bridgehead atoms. The molecule has 0 radical (unpaired) electrons. The van der Waals surface area contributed by atoms with Crippen molar-refractivity contribution >= 4 is 23.0 Å². The second-order valence-corrected chi connectivity index (χ2v) is 4.67. The molecule has 22 heavy (non-hydrogen) atoms. The smallest absolute Gasteiger partial charge is 0.269 e. The topological polar surface area (TPSA) is 84.3 Å². The fraction of sp³-hybridized carbons (Fsp3) is 0.133. The minimum absolute atomic E-state index is 0.0458. The van der Waals surface area contributed by atoms with Gasteiger partial charge in [0.05, 0.1) is 4.92 Å². The predicted molar refractivity (Wildman–Crippen MR) is 81.2 cm³/mol. The molecule has 0 fully saturated rings. The molecule has 0 spiro atoms. The van der Waals surface area contributed by atoms with Crippen molar-refractivity contribution in [3.05, 3.63) is 64.5 Å². The molecule has 0 aliphatic carbocycles. The second kappa shape index (κ2) is 6.66. The average molecular weight is 303 g/mol. The minimum Gasteiger partial charge on any atom is -0.374 e. The van der Waals surface area contributed by atoms with E-state index in [9.17, 15) is 19.3 Å². The molecule has 2 N–H and O–H groups in total. The van der Waals surface area contributed by atoms with Crippen LogP contribution in [0, 0.1) is 15.9 Å². The van der Waals surface area contributed by atoms with Gasteiger partial charge < -0.3 is 10.6 Å². The Morgan fingerprint density at radius 2 is 1.64 bits per heavy atom. The highest BCUT2D eigenvalue weighted by Crippen LogP contribution is 2.16. The number of rotatable bonds is 5. The van der Waals surface area contributed by atoms with Gasteiger partial charge >= 0.3 is 0 Å². The number of hydrogen-bond donors (Lipinski definition) is 2. The van der Waals surface area contributed by atoms with Gasteiger partial charge in [-0.3, -0.25) is 14.9 Å². The Kier molecular flexibility index (Phi) is 4.67. The third kappa shape index (κ3) is 4.02. The van der Waals surface area contributed by atoms with E-state index in [1.54, 1.807) is 6.92 Å². The standard InChI is InChI=1S/C15H14FN3O3/c1-10(17-12-4-2-11(16)3-5-12)15(20)18-13-6-8-14(9-7-13)19(21)22/h2-10,17H,1H3,(H,18,20)/t10-/m1/s1. The number of benzene rings is 2. The Morgan fingerprint density at radius 3 is 2.18 bits per heavy atom. The highest BCUT2D eigenvalue weighted by atomic mass is 19.1. The van der Waals surface area contributed by atoms with Crippen molar-refractivity contribution in [1.82, 2.24) is 0 Å². The van der Waals surface area contributed by atoms with Gasteiger partial charge in [-0.15, -0.1) is 0 Å². The van der Waals surface area contributed by atoms with Crippen LogP contribution in [0.1, 0.15) is 6.92 Å². The average Bonchev–Trinajstić information content (AvgIpc) is 2.50. The second-order valence-electron chi connectivity index (χ2n) is 4.67. The van der Waals surface area contributed by atoms with E-state index < -0.39 is 11.0 Å². The first-order valence-electron chi connectivity index (χ1n) is 6.53. The molecular formula is C15H14FN3O3. The van der Waals surface area contributed by atoms with Crippen LogP contribution in [0.25, 0.3) is 0 Å². The van der Waals surface area contributed by atoms with Crippen molar-refractivity contribution in [2.24, 2.45) is 0 Å². The molecule has 0 aromatic heterocycles. The van der Waals surface area contributed by atoms with E-state index in [4.69, 9.17) is 0 Å². The normalized spacial score (nSPS) is 11.5. The summed E-state index contributed by atoms with van der Waals surface area (Å²) in [4.78, 5) is 22.1. The highest BCUT2D eigenvalue weighted by molar-refractivity contribution is 5.96. The lowest BCUT2D eigenvalue weighted by Crippen LogP contribution is -2.31. The van der Waals surface area contributed by atoms with Crippen LogP contribution in [0.2, 0.25) is 0 Å². The van der Waals surface area contributed by atoms with E-state index in [0.717, 1.165) is 0 Å². The van der Waals surface area contributed by atoms with Gasteiger partial charge in [0.15, 0.2) is 0 Å². The van der Waals surface area contributed by atoms with Gasteiger partial charge in [0.1, 0.15) is 11.9 Å². The summed E-state index contributed by atoms with van der Waals surface area (Å²) >= 11 is 0. The van der Waals surface area contributed by atoms with Crippen molar-refractivity contribution in [2.45, 2.75) is 13.0 Å². The van der Waals surface area contributed by atoms with Crippen molar-refractivity contribution in [1.29, 1.82) is 0 Å². The summed E-state index contributed by atoms with van der Waals surface area (Å²) in [6, 6.07) is 10.6. The number of non-ortho nitro benzene ring substituents is 1. The first-order chi connectivity index (χ1) is 10.5. The summed E-state index contributed by atoms with van der Waals surface area (Å²) in [7, 11) is 0. The SMILES string of the molecule is C[C@@H](Nc1ccc(F)cc1)C(=O)Nc1ccc([N+](=O)[O-])cc1. The first kappa shape index (κ1) is 15.4. The van der Waals surface area contributed by atoms with Crippen LogP contribution in [0.15, 0.2) is 48.5 Å². The Hall–Kier alpha value is -2.96. The molecule has 0 aliphatic heterocycles. The molecule has 0 saturated heterocycles. The Balaban J connectivity index is 1.95. The first-order valence-corrected chi connectivity index (χ1v) is 6.53. The molecule has 0 saturated carbocycles. The van der Waals surface area contributed by atoms with Crippen LogP contribution < -0.4 is 10.6 Å². The Morgan fingerprint density at radius 1 is 1.09 bits per heavy atom. The summed E-state index contributed by atoms with van der Waals surface area (Å²) in [5.41, 5.74) is 1.03. The fourth-order valence-corrected chi connectivity index (χ4v) is 1.78. The van der Waals surface area contributed by atoms with Gasteiger partial charge in [0.2, 0.25) is 5.91 Å². The lowest BCUT2D eigenvalue weighted by molar-refractivity contribution is -0.384. The Bertz CT molecular complexity index is 671. The third-order valence-corrected chi connectivity index (χ3v) is 2.97. The van der Waals surface area contributed by atoms with Crippen molar-refractivity contribution in [2.75, 3.05) is 10.6 Å². The van der Waals surface area contributed by atoms with Crippen molar-refractivity contribution in [3.8, 4) is 0 Å². The lowest BCUT2D eigenvalue weighted by Gasteiger charge is -2.15. The van der Waals surface area contributed by atoms with E-state index in [0.29, 0.717) is 11.4 Å². The number of nitrogens with one attached hydrogen (secondary N) is 2. The van der Waals surface area contributed by atoms with E-state index >= 15 is 0 Å². The van der Waals surface area contributed by atoms with E-state index in [2.05, 4.69) is 10.6 Å². The molecule has 0 aliphatic rings. The van der Waals surface area contributed by atoms with Gasteiger partial charge in [-0.05, 0) is 43.3 Å². The quantitative estimate of drug-likeness (QED) is 0.656. The number of nitro benzene ring substituents is 1. The number of amides is 1. The zero-order valence-corrected chi connectivity index (χ0v) is 11.7. The van der Waals surface area contributed by atoms with Gasteiger partial charge in [0.25, 0.3) is 5.69 Å². The molecule has 2 rings (SSSR count). The number of nitro groups is 1. The molecule has 6 nitrogen and oxygen atoms in total. The van der Waals surface area contributed by atoms with E-state index in [1.807, 2.05) is 0 Å². The van der Waals surface area contributed by atoms with Gasteiger partial charge in [-0.25, -0.2) is 4.39 Å². The minimum atomic E-state index is -0.555. The Labute approximate surface area is 126 Å². The molecular weight excluding hydrogens is 289 g/mol. The number of hydrogen-bond acceptors (Lipinski definition) is 4. The van der Waals surface area contributed by atoms with Crippen LogP contribution in [-0.2, 0) is 4.79 Å². The third-order valence-electron chi connectivity index (χ3n) is 2.97. The zero-order chi connectivity index (χ0) is 16.1. The van der Waals surface area contributed by atoms with Gasteiger partial charge in [-0.1, -0.05) is 0 Å². The van der Waals surface area contributed by atoms with Gasteiger partial charge in [-0.2, -0.15) is 0 Å². The monoisotopic (exact) mass is 303 g/mol.